The molecule has 0 amide bonds. The smallest absolute Gasteiger partial charge is 0.171 e. The first-order valence-corrected chi connectivity index (χ1v) is 6.15. The van der Waals surface area contributed by atoms with Crippen molar-refractivity contribution in [2.24, 2.45) is 7.05 Å². The third-order valence-electron chi connectivity index (χ3n) is 2.63. The summed E-state index contributed by atoms with van der Waals surface area (Å²) in [5, 5.41) is 11.2. The molecule has 0 aliphatic carbocycles. The molecule has 2 aromatic rings. The van der Waals surface area contributed by atoms with E-state index in [9.17, 15) is 0 Å². The zero-order valence-corrected chi connectivity index (χ0v) is 11.3. The van der Waals surface area contributed by atoms with E-state index in [2.05, 4.69) is 15.7 Å². The molecule has 0 bridgehead atoms. The lowest BCUT2D eigenvalue weighted by Crippen LogP contribution is -2.28. The molecule has 0 radical (unpaired) electrons. The first-order valence-electron chi connectivity index (χ1n) is 5.74. The van der Waals surface area contributed by atoms with E-state index in [0.717, 1.165) is 17.1 Å². The summed E-state index contributed by atoms with van der Waals surface area (Å²) < 4.78 is 1.85. The molecule has 0 unspecified atom stereocenters. The third kappa shape index (κ3) is 3.30. The Labute approximate surface area is 112 Å². The zero-order chi connectivity index (χ0) is 13.0. The largest absolute Gasteiger partial charge is 0.357 e. The van der Waals surface area contributed by atoms with Crippen LogP contribution in [0.4, 0.5) is 5.69 Å². The number of nitrogens with zero attached hydrogens (tertiary/aromatic N) is 2. The fraction of sp³-hybridized carbons (Fsp3) is 0.231. The lowest BCUT2D eigenvalue weighted by atomic mass is 10.3. The van der Waals surface area contributed by atoms with Crippen molar-refractivity contribution in [3.63, 3.8) is 0 Å². The average molecular weight is 260 g/mol. The van der Waals surface area contributed by atoms with Crippen LogP contribution in [0.2, 0.25) is 0 Å². The molecule has 1 heterocycles. The van der Waals surface area contributed by atoms with Crippen LogP contribution in [-0.4, -0.2) is 14.9 Å². The van der Waals surface area contributed by atoms with Gasteiger partial charge in [0.2, 0.25) is 0 Å². The van der Waals surface area contributed by atoms with E-state index < -0.39 is 0 Å². The van der Waals surface area contributed by atoms with Gasteiger partial charge in [0.05, 0.1) is 12.2 Å². The van der Waals surface area contributed by atoms with Gasteiger partial charge in [-0.1, -0.05) is 18.2 Å². The van der Waals surface area contributed by atoms with E-state index >= 15 is 0 Å². The van der Waals surface area contributed by atoms with Crippen LogP contribution in [0.25, 0.3) is 0 Å². The summed E-state index contributed by atoms with van der Waals surface area (Å²) in [5.41, 5.74) is 3.09. The number of nitrogens with one attached hydrogen (secondary N) is 2. The van der Waals surface area contributed by atoms with E-state index in [1.165, 1.54) is 0 Å². The number of aromatic nitrogens is 2. The Morgan fingerprint density at radius 1 is 1.33 bits per heavy atom. The Kier molecular flexibility index (Phi) is 3.94. The molecule has 0 aliphatic heterocycles. The Bertz CT molecular complexity index is 514. The zero-order valence-electron chi connectivity index (χ0n) is 10.5. The molecule has 2 rings (SSSR count). The monoisotopic (exact) mass is 260 g/mol. The van der Waals surface area contributed by atoms with E-state index in [0.29, 0.717) is 11.7 Å². The molecule has 0 saturated heterocycles. The summed E-state index contributed by atoms with van der Waals surface area (Å²) in [4.78, 5) is 0. The van der Waals surface area contributed by atoms with E-state index in [1.54, 1.807) is 0 Å². The van der Waals surface area contributed by atoms with Crippen LogP contribution in [0.3, 0.4) is 0 Å². The highest BCUT2D eigenvalue weighted by Crippen LogP contribution is 2.05. The van der Waals surface area contributed by atoms with Crippen molar-refractivity contribution in [1.82, 2.24) is 15.1 Å². The molecule has 0 fully saturated rings. The lowest BCUT2D eigenvalue weighted by molar-refractivity contribution is 0.712. The molecule has 4 nitrogen and oxygen atoms in total. The van der Waals surface area contributed by atoms with Crippen molar-refractivity contribution in [3.8, 4) is 0 Å². The molecule has 5 heteroatoms. The Balaban J connectivity index is 1.85. The highest BCUT2D eigenvalue weighted by molar-refractivity contribution is 7.80. The van der Waals surface area contributed by atoms with Gasteiger partial charge in [0, 0.05) is 18.4 Å². The van der Waals surface area contributed by atoms with Gasteiger partial charge >= 0.3 is 0 Å². The summed E-state index contributed by atoms with van der Waals surface area (Å²) in [6, 6.07) is 11.9. The fourth-order valence-electron chi connectivity index (χ4n) is 1.59. The van der Waals surface area contributed by atoms with Crippen LogP contribution < -0.4 is 10.6 Å². The van der Waals surface area contributed by atoms with Crippen LogP contribution in [0.5, 0.6) is 0 Å². The number of para-hydroxylation sites is 1. The van der Waals surface area contributed by atoms with Crippen molar-refractivity contribution in [2.45, 2.75) is 13.5 Å². The van der Waals surface area contributed by atoms with Crippen molar-refractivity contribution in [1.29, 1.82) is 0 Å². The third-order valence-corrected chi connectivity index (χ3v) is 2.87. The van der Waals surface area contributed by atoms with Crippen LogP contribution in [0.1, 0.15) is 11.4 Å². The molecule has 0 atom stereocenters. The highest BCUT2D eigenvalue weighted by atomic mass is 32.1. The van der Waals surface area contributed by atoms with Gasteiger partial charge in [-0.05, 0) is 37.3 Å². The van der Waals surface area contributed by atoms with Crippen molar-refractivity contribution in [2.75, 3.05) is 5.32 Å². The molecular formula is C13H16N4S. The highest BCUT2D eigenvalue weighted by Gasteiger charge is 2.02. The van der Waals surface area contributed by atoms with Crippen molar-refractivity contribution >= 4 is 23.0 Å². The van der Waals surface area contributed by atoms with Gasteiger partial charge in [-0.2, -0.15) is 5.10 Å². The normalized spacial score (nSPS) is 10.1. The number of anilines is 1. The number of hydrogen-bond acceptors (Lipinski definition) is 2. The summed E-state index contributed by atoms with van der Waals surface area (Å²) in [7, 11) is 1.93. The Morgan fingerprint density at radius 2 is 2.06 bits per heavy atom. The number of thiocarbonyl (C=S) groups is 1. The summed E-state index contributed by atoms with van der Waals surface area (Å²) in [6.07, 6.45) is 0. The van der Waals surface area contributed by atoms with Crippen LogP contribution in [-0.2, 0) is 13.6 Å². The Hall–Kier alpha value is -1.88. The quantitative estimate of drug-likeness (QED) is 0.830. The van der Waals surface area contributed by atoms with Crippen LogP contribution in [0, 0.1) is 6.92 Å². The second-order valence-electron chi connectivity index (χ2n) is 4.07. The van der Waals surface area contributed by atoms with Crippen LogP contribution >= 0.6 is 12.2 Å². The van der Waals surface area contributed by atoms with E-state index in [-0.39, 0.29) is 0 Å². The molecule has 0 aliphatic rings. The molecule has 1 aromatic heterocycles. The van der Waals surface area contributed by atoms with Crippen molar-refractivity contribution in [3.05, 3.63) is 47.8 Å². The van der Waals surface area contributed by atoms with Gasteiger partial charge in [-0.25, -0.2) is 0 Å². The predicted octanol–water partition coefficient (Wildman–Crippen LogP) is 2.22. The second kappa shape index (κ2) is 5.64. The number of rotatable bonds is 3. The van der Waals surface area contributed by atoms with E-state index in [1.807, 2.05) is 55.1 Å². The maximum Gasteiger partial charge on any atom is 0.171 e. The average Bonchev–Trinajstić information content (AvgIpc) is 2.68. The molecule has 0 spiro atoms. The van der Waals surface area contributed by atoms with Gasteiger partial charge in [-0.15, -0.1) is 0 Å². The summed E-state index contributed by atoms with van der Waals surface area (Å²) in [5.74, 6) is 0. The minimum atomic E-state index is 0.601. The molecule has 94 valence electrons. The van der Waals surface area contributed by atoms with E-state index in [4.69, 9.17) is 12.2 Å². The van der Waals surface area contributed by atoms with Gasteiger partial charge in [0.15, 0.2) is 5.11 Å². The first-order chi connectivity index (χ1) is 8.65. The first kappa shape index (κ1) is 12.6. The maximum absolute atomic E-state index is 5.22. The fourth-order valence-corrected chi connectivity index (χ4v) is 1.78. The second-order valence-corrected chi connectivity index (χ2v) is 4.48. The molecule has 1 aromatic carbocycles. The summed E-state index contributed by atoms with van der Waals surface area (Å²) >= 11 is 5.22. The van der Waals surface area contributed by atoms with Gasteiger partial charge in [0.25, 0.3) is 0 Å². The molecule has 2 N–H and O–H groups in total. The predicted molar refractivity (Wildman–Crippen MR) is 77.4 cm³/mol. The minimum absolute atomic E-state index is 0.601. The van der Waals surface area contributed by atoms with Gasteiger partial charge < -0.3 is 10.6 Å². The number of aryl methyl sites for hydroxylation is 2. The minimum Gasteiger partial charge on any atom is -0.357 e. The van der Waals surface area contributed by atoms with Gasteiger partial charge in [-0.3, -0.25) is 4.68 Å². The molecule has 18 heavy (non-hydrogen) atoms. The standard InChI is InChI=1S/C13H16N4S/c1-10-8-12(16-17(10)2)9-14-13(18)15-11-6-4-3-5-7-11/h3-8H,9H2,1-2H3,(H2,14,15,18). The topological polar surface area (TPSA) is 41.9 Å². The van der Waals surface area contributed by atoms with Gasteiger partial charge in [0.1, 0.15) is 0 Å². The molecular weight excluding hydrogens is 244 g/mol. The number of hydrogen-bond donors (Lipinski definition) is 2. The van der Waals surface area contributed by atoms with Crippen LogP contribution in [0.15, 0.2) is 36.4 Å². The Morgan fingerprint density at radius 3 is 2.67 bits per heavy atom. The van der Waals surface area contributed by atoms with Crippen molar-refractivity contribution < 1.29 is 0 Å². The number of benzene rings is 1. The maximum atomic E-state index is 5.22. The SMILES string of the molecule is Cc1cc(CNC(=S)Nc2ccccc2)nn1C. The lowest BCUT2D eigenvalue weighted by Gasteiger charge is -2.08. The molecule has 0 saturated carbocycles. The summed E-state index contributed by atoms with van der Waals surface area (Å²) in [6.45, 7) is 2.65.